The van der Waals surface area contributed by atoms with E-state index >= 15 is 0 Å². The van der Waals surface area contributed by atoms with Crippen LogP contribution in [0.25, 0.3) is 0 Å². The van der Waals surface area contributed by atoms with Gasteiger partial charge < -0.3 is 19.5 Å². The molecule has 28 heavy (non-hydrogen) atoms. The molecule has 1 aromatic carbocycles. The average molecular weight is 384 g/mol. The van der Waals surface area contributed by atoms with E-state index < -0.39 is 0 Å². The minimum Gasteiger partial charge on any atom is -0.494 e. The monoisotopic (exact) mass is 384 g/mol. The third-order valence-electron chi connectivity index (χ3n) is 4.57. The Hall–Kier alpha value is -2.76. The van der Waals surface area contributed by atoms with Gasteiger partial charge in [-0.3, -0.25) is 4.79 Å². The van der Waals surface area contributed by atoms with E-state index in [4.69, 9.17) is 14.2 Å². The zero-order valence-corrected chi connectivity index (χ0v) is 16.4. The quantitative estimate of drug-likeness (QED) is 0.673. The first-order valence-electron chi connectivity index (χ1n) is 9.97. The summed E-state index contributed by atoms with van der Waals surface area (Å²) in [6.45, 7) is 3.06. The second kappa shape index (κ2) is 10.5. The summed E-state index contributed by atoms with van der Waals surface area (Å²) in [4.78, 5) is 16.5. The van der Waals surface area contributed by atoms with Crippen molar-refractivity contribution in [3.63, 3.8) is 0 Å². The minimum absolute atomic E-state index is 0.0474. The largest absolute Gasteiger partial charge is 0.494 e. The van der Waals surface area contributed by atoms with Crippen LogP contribution in [0.2, 0.25) is 0 Å². The molecule has 2 aromatic rings. The highest BCUT2D eigenvalue weighted by Gasteiger charge is 2.18. The minimum atomic E-state index is -0.193. The van der Waals surface area contributed by atoms with Crippen molar-refractivity contribution in [3.05, 3.63) is 48.2 Å². The van der Waals surface area contributed by atoms with Crippen molar-refractivity contribution in [2.24, 2.45) is 0 Å². The number of nitrogens with one attached hydrogen (secondary N) is 1. The summed E-state index contributed by atoms with van der Waals surface area (Å²) >= 11 is 0. The molecule has 1 heterocycles. The first-order valence-corrected chi connectivity index (χ1v) is 9.97. The lowest BCUT2D eigenvalue weighted by molar-refractivity contribution is -0.123. The first-order chi connectivity index (χ1) is 13.7. The Kier molecular flexibility index (Phi) is 7.53. The summed E-state index contributed by atoms with van der Waals surface area (Å²) in [7, 11) is 0. The molecule has 0 atom stereocenters. The number of nitrogens with zero attached hydrogens (tertiary/aromatic N) is 1. The zero-order valence-electron chi connectivity index (χ0n) is 16.4. The molecule has 1 aliphatic rings. The van der Waals surface area contributed by atoms with E-state index in [9.17, 15) is 4.79 Å². The number of benzene rings is 1. The van der Waals surface area contributed by atoms with Crippen LogP contribution in [-0.2, 0) is 11.3 Å². The molecule has 6 nitrogen and oxygen atoms in total. The van der Waals surface area contributed by atoms with Crippen molar-refractivity contribution >= 4 is 5.91 Å². The van der Waals surface area contributed by atoms with Crippen LogP contribution < -0.4 is 19.5 Å². The normalized spacial score (nSPS) is 13.9. The highest BCUT2D eigenvalue weighted by atomic mass is 16.5. The molecule has 0 radical (unpaired) electrons. The van der Waals surface area contributed by atoms with Crippen LogP contribution in [0.3, 0.4) is 0 Å². The van der Waals surface area contributed by atoms with Gasteiger partial charge in [0.2, 0.25) is 5.88 Å². The van der Waals surface area contributed by atoms with E-state index in [-0.39, 0.29) is 18.6 Å². The van der Waals surface area contributed by atoms with E-state index in [0.717, 1.165) is 30.6 Å². The Morgan fingerprint density at radius 1 is 1.11 bits per heavy atom. The summed E-state index contributed by atoms with van der Waals surface area (Å²) < 4.78 is 17.1. The van der Waals surface area contributed by atoms with Crippen molar-refractivity contribution in [2.75, 3.05) is 13.2 Å². The van der Waals surface area contributed by atoms with Gasteiger partial charge in [-0.1, -0.05) is 13.0 Å². The summed E-state index contributed by atoms with van der Waals surface area (Å²) in [5, 5.41) is 2.87. The van der Waals surface area contributed by atoms with Gasteiger partial charge in [0.1, 0.15) is 17.6 Å². The summed E-state index contributed by atoms with van der Waals surface area (Å²) in [6.07, 6.45) is 7.45. The Morgan fingerprint density at radius 2 is 1.82 bits per heavy atom. The Labute approximate surface area is 166 Å². The van der Waals surface area contributed by atoms with Crippen LogP contribution >= 0.6 is 0 Å². The predicted molar refractivity (Wildman–Crippen MR) is 107 cm³/mol. The molecule has 1 aromatic heterocycles. The van der Waals surface area contributed by atoms with Crippen LogP contribution in [-0.4, -0.2) is 30.2 Å². The van der Waals surface area contributed by atoms with E-state index in [1.165, 1.54) is 12.8 Å². The van der Waals surface area contributed by atoms with Crippen molar-refractivity contribution in [1.29, 1.82) is 0 Å². The molecule has 1 aliphatic carbocycles. The van der Waals surface area contributed by atoms with Gasteiger partial charge in [0.15, 0.2) is 6.61 Å². The van der Waals surface area contributed by atoms with Crippen LogP contribution in [0, 0.1) is 0 Å². The summed E-state index contributed by atoms with van der Waals surface area (Å²) in [5.41, 5.74) is 0.875. The molecule has 0 spiro atoms. The van der Waals surface area contributed by atoms with E-state index in [1.807, 2.05) is 24.3 Å². The van der Waals surface area contributed by atoms with E-state index in [1.54, 1.807) is 18.3 Å². The van der Waals surface area contributed by atoms with E-state index in [0.29, 0.717) is 24.8 Å². The maximum Gasteiger partial charge on any atom is 0.258 e. The second-order valence-corrected chi connectivity index (χ2v) is 6.88. The van der Waals surface area contributed by atoms with Gasteiger partial charge in [0, 0.05) is 18.3 Å². The average Bonchev–Trinajstić information content (AvgIpc) is 3.24. The van der Waals surface area contributed by atoms with Gasteiger partial charge in [-0.2, -0.15) is 0 Å². The fourth-order valence-corrected chi connectivity index (χ4v) is 3.07. The van der Waals surface area contributed by atoms with Gasteiger partial charge in [-0.15, -0.1) is 0 Å². The number of pyridine rings is 1. The van der Waals surface area contributed by atoms with Crippen molar-refractivity contribution < 1.29 is 19.0 Å². The van der Waals surface area contributed by atoms with Gasteiger partial charge in [-0.25, -0.2) is 4.98 Å². The smallest absolute Gasteiger partial charge is 0.258 e. The predicted octanol–water partition coefficient (Wildman–Crippen LogP) is 3.89. The number of hydrogen-bond acceptors (Lipinski definition) is 5. The maximum absolute atomic E-state index is 12.1. The third-order valence-corrected chi connectivity index (χ3v) is 4.57. The van der Waals surface area contributed by atoms with Crippen LogP contribution in [0.1, 0.15) is 44.6 Å². The topological polar surface area (TPSA) is 69.7 Å². The number of aromatic nitrogens is 1. The van der Waals surface area contributed by atoms with Crippen molar-refractivity contribution in [3.8, 4) is 17.4 Å². The summed E-state index contributed by atoms with van der Waals surface area (Å²) in [5.74, 6) is 1.84. The Balaban J connectivity index is 1.44. The van der Waals surface area contributed by atoms with Gasteiger partial charge in [0.05, 0.1) is 6.61 Å². The molecule has 0 bridgehead atoms. The standard InChI is InChI=1S/C22H28N2O4/c1-2-14-26-18-9-11-19(12-10-18)27-16-21(25)24-15-17-6-5-13-23-22(17)28-20-7-3-4-8-20/h5-6,9-13,20H,2-4,7-8,14-16H2,1H3,(H,24,25). The molecule has 0 unspecified atom stereocenters. The third kappa shape index (κ3) is 6.15. The van der Waals surface area contributed by atoms with Crippen LogP contribution in [0.5, 0.6) is 17.4 Å². The number of ether oxygens (including phenoxy) is 3. The molecular weight excluding hydrogens is 356 g/mol. The molecule has 1 N–H and O–H groups in total. The Morgan fingerprint density at radius 3 is 2.54 bits per heavy atom. The maximum atomic E-state index is 12.1. The number of carbonyl (C=O) groups is 1. The van der Waals surface area contributed by atoms with Gasteiger partial charge in [0.25, 0.3) is 5.91 Å². The lowest BCUT2D eigenvalue weighted by Gasteiger charge is -2.15. The first kappa shape index (κ1) is 20.0. The lowest BCUT2D eigenvalue weighted by atomic mass is 10.2. The number of carbonyl (C=O) groups excluding carboxylic acids is 1. The lowest BCUT2D eigenvalue weighted by Crippen LogP contribution is -2.28. The number of hydrogen-bond donors (Lipinski definition) is 1. The molecule has 3 rings (SSSR count). The van der Waals surface area contributed by atoms with E-state index in [2.05, 4.69) is 17.2 Å². The molecule has 0 aliphatic heterocycles. The molecule has 150 valence electrons. The fraction of sp³-hybridized carbons (Fsp3) is 0.455. The Bertz CT molecular complexity index is 742. The van der Waals surface area contributed by atoms with Gasteiger partial charge in [-0.05, 0) is 62.4 Å². The van der Waals surface area contributed by atoms with Crippen LogP contribution in [0.4, 0.5) is 0 Å². The molecule has 1 saturated carbocycles. The van der Waals surface area contributed by atoms with Crippen molar-refractivity contribution in [1.82, 2.24) is 10.3 Å². The van der Waals surface area contributed by atoms with Crippen LogP contribution in [0.15, 0.2) is 42.6 Å². The summed E-state index contributed by atoms with van der Waals surface area (Å²) in [6, 6.07) is 11.0. The number of amides is 1. The molecule has 6 heteroatoms. The van der Waals surface area contributed by atoms with Gasteiger partial charge >= 0.3 is 0 Å². The van der Waals surface area contributed by atoms with Crippen molar-refractivity contribution in [2.45, 2.75) is 51.7 Å². The highest BCUT2D eigenvalue weighted by molar-refractivity contribution is 5.77. The second-order valence-electron chi connectivity index (χ2n) is 6.88. The highest BCUT2D eigenvalue weighted by Crippen LogP contribution is 2.25. The molecule has 0 saturated heterocycles. The number of rotatable bonds is 10. The molecule has 1 amide bonds. The zero-order chi connectivity index (χ0) is 19.6. The molecular formula is C22H28N2O4. The molecule has 1 fully saturated rings. The SMILES string of the molecule is CCCOc1ccc(OCC(=O)NCc2cccnc2OC2CCCC2)cc1. The fourth-order valence-electron chi connectivity index (χ4n) is 3.07.